The lowest BCUT2D eigenvalue weighted by Gasteiger charge is -2.22. The monoisotopic (exact) mass is 233 g/mol. The van der Waals surface area contributed by atoms with Gasteiger partial charge in [-0.25, -0.2) is 0 Å². The fourth-order valence-corrected chi connectivity index (χ4v) is 2.41. The van der Waals surface area contributed by atoms with Crippen LogP contribution in [0.1, 0.15) is 24.8 Å². The maximum absolute atomic E-state index is 8.68. The zero-order valence-electron chi connectivity index (χ0n) is 10.1. The second-order valence-electron chi connectivity index (χ2n) is 4.59. The third-order valence-corrected chi connectivity index (χ3v) is 3.58. The van der Waals surface area contributed by atoms with Crippen molar-refractivity contribution in [2.45, 2.75) is 25.3 Å². The highest BCUT2D eigenvalue weighted by Crippen LogP contribution is 2.28. The summed E-state index contributed by atoms with van der Waals surface area (Å²) in [5, 5.41) is 11.8. The molecule has 1 saturated heterocycles. The van der Waals surface area contributed by atoms with Crippen LogP contribution >= 0.6 is 0 Å². The lowest BCUT2D eigenvalue weighted by atomic mass is 9.99. The molecule has 2 atom stereocenters. The number of likely N-dealkylation sites (tertiary alicyclic amines) is 1. The van der Waals surface area contributed by atoms with Crippen LogP contribution in [0.15, 0.2) is 35.5 Å². The molecular weight excluding hydrogens is 214 g/mol. The van der Waals surface area contributed by atoms with Gasteiger partial charge in [0.25, 0.3) is 0 Å². The second kappa shape index (κ2) is 5.19. The molecule has 0 bridgehead atoms. The van der Waals surface area contributed by atoms with Gasteiger partial charge in [0.15, 0.2) is 5.84 Å². The van der Waals surface area contributed by atoms with Crippen molar-refractivity contribution in [3.05, 3.63) is 35.9 Å². The van der Waals surface area contributed by atoms with Gasteiger partial charge >= 0.3 is 0 Å². The summed E-state index contributed by atoms with van der Waals surface area (Å²) >= 11 is 0. The van der Waals surface area contributed by atoms with Gasteiger partial charge in [-0.3, -0.25) is 4.90 Å². The van der Waals surface area contributed by atoms with Crippen LogP contribution in [0.25, 0.3) is 0 Å². The van der Waals surface area contributed by atoms with E-state index in [1.165, 1.54) is 5.56 Å². The van der Waals surface area contributed by atoms with Crippen molar-refractivity contribution < 1.29 is 5.21 Å². The van der Waals surface area contributed by atoms with Gasteiger partial charge in [-0.15, -0.1) is 0 Å². The van der Waals surface area contributed by atoms with E-state index in [-0.39, 0.29) is 6.04 Å². The van der Waals surface area contributed by atoms with Crippen LogP contribution in [-0.4, -0.2) is 35.1 Å². The van der Waals surface area contributed by atoms with Crippen molar-refractivity contribution >= 4 is 5.84 Å². The van der Waals surface area contributed by atoms with Gasteiger partial charge in [-0.2, -0.15) is 0 Å². The maximum atomic E-state index is 8.68. The summed E-state index contributed by atoms with van der Waals surface area (Å²) in [4.78, 5) is 2.26. The number of oxime groups is 1. The Morgan fingerprint density at radius 2 is 2.18 bits per heavy atom. The Hall–Kier alpha value is -1.55. The second-order valence-corrected chi connectivity index (χ2v) is 4.59. The predicted octanol–water partition coefficient (Wildman–Crippen LogP) is 1.61. The fourth-order valence-electron chi connectivity index (χ4n) is 2.41. The van der Waals surface area contributed by atoms with E-state index in [2.05, 4.69) is 34.3 Å². The quantitative estimate of drug-likeness (QED) is 0.361. The van der Waals surface area contributed by atoms with Crippen LogP contribution in [0.4, 0.5) is 0 Å². The molecule has 1 aliphatic rings. The molecule has 1 heterocycles. The first-order valence-electron chi connectivity index (χ1n) is 5.98. The van der Waals surface area contributed by atoms with Crippen molar-refractivity contribution in [3.63, 3.8) is 0 Å². The number of hydrogen-bond acceptors (Lipinski definition) is 3. The Bertz CT molecular complexity index is 391. The molecule has 0 radical (unpaired) electrons. The number of benzene rings is 1. The Morgan fingerprint density at radius 3 is 2.82 bits per heavy atom. The number of nitrogens with zero attached hydrogens (tertiary/aromatic N) is 2. The van der Waals surface area contributed by atoms with Crippen molar-refractivity contribution in [2.24, 2.45) is 10.9 Å². The van der Waals surface area contributed by atoms with E-state index in [1.807, 2.05) is 13.0 Å². The van der Waals surface area contributed by atoms with Crippen molar-refractivity contribution in [1.82, 2.24) is 4.90 Å². The van der Waals surface area contributed by atoms with Crippen LogP contribution in [0, 0.1) is 0 Å². The van der Waals surface area contributed by atoms with E-state index < -0.39 is 0 Å². The van der Waals surface area contributed by atoms with Gasteiger partial charge in [0.2, 0.25) is 0 Å². The minimum Gasteiger partial charge on any atom is -0.409 e. The molecule has 0 aliphatic carbocycles. The molecule has 1 aromatic rings. The molecule has 1 aromatic carbocycles. The molecule has 2 unspecified atom stereocenters. The van der Waals surface area contributed by atoms with E-state index in [0.29, 0.717) is 11.8 Å². The molecule has 17 heavy (non-hydrogen) atoms. The molecule has 1 fully saturated rings. The molecule has 4 nitrogen and oxygen atoms in total. The van der Waals surface area contributed by atoms with Crippen molar-refractivity contribution in [3.8, 4) is 0 Å². The lowest BCUT2D eigenvalue weighted by molar-refractivity contribution is 0.283. The largest absolute Gasteiger partial charge is 0.409 e. The zero-order chi connectivity index (χ0) is 12.3. The first-order chi connectivity index (χ1) is 8.22. The van der Waals surface area contributed by atoms with E-state index in [4.69, 9.17) is 10.9 Å². The van der Waals surface area contributed by atoms with Crippen LogP contribution in [-0.2, 0) is 0 Å². The SMILES string of the molecule is CC(C(N)=NO)N1CCC(c2ccccc2)C1. The summed E-state index contributed by atoms with van der Waals surface area (Å²) in [7, 11) is 0. The van der Waals surface area contributed by atoms with Gasteiger partial charge in [-0.1, -0.05) is 35.5 Å². The van der Waals surface area contributed by atoms with Gasteiger partial charge < -0.3 is 10.9 Å². The van der Waals surface area contributed by atoms with Gasteiger partial charge in [0.05, 0.1) is 6.04 Å². The summed E-state index contributed by atoms with van der Waals surface area (Å²) in [6.45, 7) is 3.95. The predicted molar refractivity (Wildman–Crippen MR) is 68.2 cm³/mol. The molecule has 2 rings (SSSR count). The average Bonchev–Trinajstić information content (AvgIpc) is 2.87. The highest BCUT2D eigenvalue weighted by atomic mass is 16.4. The molecule has 0 aromatic heterocycles. The summed E-state index contributed by atoms with van der Waals surface area (Å²) < 4.78 is 0. The summed E-state index contributed by atoms with van der Waals surface area (Å²) in [6, 6.07) is 10.5. The highest BCUT2D eigenvalue weighted by molar-refractivity contribution is 5.84. The first-order valence-corrected chi connectivity index (χ1v) is 5.98. The fraction of sp³-hybridized carbons (Fsp3) is 0.462. The molecule has 0 amide bonds. The van der Waals surface area contributed by atoms with Crippen molar-refractivity contribution in [2.75, 3.05) is 13.1 Å². The normalized spacial score (nSPS) is 23.8. The Kier molecular flexibility index (Phi) is 3.64. The van der Waals surface area contributed by atoms with Gasteiger partial charge in [0.1, 0.15) is 0 Å². The topological polar surface area (TPSA) is 61.9 Å². The number of nitrogens with two attached hydrogens (primary N) is 1. The van der Waals surface area contributed by atoms with E-state index in [9.17, 15) is 0 Å². The number of amidine groups is 1. The van der Waals surface area contributed by atoms with Crippen LogP contribution < -0.4 is 5.73 Å². The minimum atomic E-state index is 0.00807. The highest BCUT2D eigenvalue weighted by Gasteiger charge is 2.28. The zero-order valence-corrected chi connectivity index (χ0v) is 10.1. The minimum absolute atomic E-state index is 0.00807. The van der Waals surface area contributed by atoms with Gasteiger partial charge in [0, 0.05) is 6.54 Å². The van der Waals surface area contributed by atoms with E-state index in [0.717, 1.165) is 19.5 Å². The molecule has 4 heteroatoms. The molecule has 0 saturated carbocycles. The smallest absolute Gasteiger partial charge is 0.156 e. The number of hydrogen-bond donors (Lipinski definition) is 2. The van der Waals surface area contributed by atoms with Gasteiger partial charge in [-0.05, 0) is 31.4 Å². The van der Waals surface area contributed by atoms with Crippen molar-refractivity contribution in [1.29, 1.82) is 0 Å². The Morgan fingerprint density at radius 1 is 1.47 bits per heavy atom. The lowest BCUT2D eigenvalue weighted by Crippen LogP contribution is -2.41. The molecule has 3 N–H and O–H groups in total. The molecule has 0 spiro atoms. The third-order valence-electron chi connectivity index (χ3n) is 3.58. The van der Waals surface area contributed by atoms with Crippen LogP contribution in [0.2, 0.25) is 0 Å². The average molecular weight is 233 g/mol. The molecular formula is C13H19N3O. The Balaban J connectivity index is 2.01. The Labute approximate surface area is 102 Å². The molecule has 92 valence electrons. The van der Waals surface area contributed by atoms with Crippen LogP contribution in [0.5, 0.6) is 0 Å². The first kappa shape index (κ1) is 11.9. The van der Waals surface area contributed by atoms with E-state index in [1.54, 1.807) is 0 Å². The van der Waals surface area contributed by atoms with Crippen LogP contribution in [0.3, 0.4) is 0 Å². The summed E-state index contributed by atoms with van der Waals surface area (Å²) in [5.41, 5.74) is 7.02. The van der Waals surface area contributed by atoms with E-state index >= 15 is 0 Å². The standard InChI is InChI=1S/C13H19N3O/c1-10(13(14)15-17)16-8-7-12(9-16)11-5-3-2-4-6-11/h2-6,10,12,17H,7-9H2,1H3,(H2,14,15). The maximum Gasteiger partial charge on any atom is 0.156 e. The molecule has 1 aliphatic heterocycles. The summed E-state index contributed by atoms with van der Waals surface area (Å²) in [5.74, 6) is 0.851. The summed E-state index contributed by atoms with van der Waals surface area (Å²) in [6.07, 6.45) is 1.13. The number of rotatable bonds is 3. The third kappa shape index (κ3) is 2.58.